The van der Waals surface area contributed by atoms with E-state index < -0.39 is 0 Å². The quantitative estimate of drug-likeness (QED) is 0.735. The maximum atomic E-state index is 4.95. The van der Waals surface area contributed by atoms with Crippen LogP contribution in [-0.4, -0.2) is 20.3 Å². The number of ether oxygens (including phenoxy) is 1. The van der Waals surface area contributed by atoms with Crippen LogP contribution in [0.2, 0.25) is 0 Å². The summed E-state index contributed by atoms with van der Waals surface area (Å²) in [4.78, 5) is 0. The largest absolute Gasteiger partial charge is 0.385 e. The lowest BCUT2D eigenvalue weighted by Crippen LogP contribution is -2.15. The zero-order valence-electron chi connectivity index (χ0n) is 8.53. The average molecular weight is 216 g/mol. The monoisotopic (exact) mass is 215 g/mol. The lowest BCUT2D eigenvalue weighted by Gasteiger charge is -2.03. The number of halogens is 1. The summed E-state index contributed by atoms with van der Waals surface area (Å²) >= 11 is 0. The predicted molar refractivity (Wildman–Crippen MR) is 61.9 cm³/mol. The molecule has 14 heavy (non-hydrogen) atoms. The van der Waals surface area contributed by atoms with Gasteiger partial charge >= 0.3 is 0 Å². The van der Waals surface area contributed by atoms with E-state index in [0.29, 0.717) is 0 Å². The third-order valence-corrected chi connectivity index (χ3v) is 1.87. The summed E-state index contributed by atoms with van der Waals surface area (Å²) in [5.74, 6) is 0. The first-order valence-corrected chi connectivity index (χ1v) is 4.67. The molecule has 0 saturated carbocycles. The lowest BCUT2D eigenvalue weighted by atomic mass is 10.2. The first kappa shape index (κ1) is 13.4. The molecular weight excluding hydrogens is 198 g/mol. The van der Waals surface area contributed by atoms with Crippen LogP contribution in [0, 0.1) is 0 Å². The number of benzene rings is 1. The highest BCUT2D eigenvalue weighted by Gasteiger charge is 1.89. The molecule has 0 radical (unpaired) electrons. The first-order chi connectivity index (χ1) is 6.43. The zero-order chi connectivity index (χ0) is 9.36. The molecule has 0 atom stereocenters. The molecule has 0 aromatic heterocycles. The van der Waals surface area contributed by atoms with Crippen molar-refractivity contribution >= 4 is 12.4 Å². The average Bonchev–Trinajstić information content (AvgIpc) is 2.19. The number of hydrogen-bond acceptors (Lipinski definition) is 2. The molecule has 80 valence electrons. The molecular formula is C11H18ClNO. The van der Waals surface area contributed by atoms with Crippen LogP contribution in [0.3, 0.4) is 0 Å². The summed E-state index contributed by atoms with van der Waals surface area (Å²) in [6, 6.07) is 10.4. The van der Waals surface area contributed by atoms with E-state index in [-0.39, 0.29) is 12.4 Å². The van der Waals surface area contributed by atoms with Crippen LogP contribution in [0.25, 0.3) is 0 Å². The molecule has 1 aromatic carbocycles. The van der Waals surface area contributed by atoms with E-state index >= 15 is 0 Å². The Morgan fingerprint density at radius 1 is 1.21 bits per heavy atom. The summed E-state index contributed by atoms with van der Waals surface area (Å²) in [5.41, 5.74) is 1.33. The SMILES string of the molecule is COCCCNCc1ccccc1.Cl. The van der Waals surface area contributed by atoms with E-state index in [0.717, 1.165) is 26.1 Å². The Morgan fingerprint density at radius 2 is 1.93 bits per heavy atom. The molecule has 0 amide bonds. The molecule has 0 aliphatic rings. The van der Waals surface area contributed by atoms with E-state index in [1.165, 1.54) is 5.56 Å². The van der Waals surface area contributed by atoms with Crippen molar-refractivity contribution in [3.05, 3.63) is 35.9 Å². The summed E-state index contributed by atoms with van der Waals surface area (Å²) in [6.45, 7) is 2.80. The standard InChI is InChI=1S/C11H17NO.ClH/c1-13-9-5-8-12-10-11-6-3-2-4-7-11;/h2-4,6-7,12H,5,8-10H2,1H3;1H. The van der Waals surface area contributed by atoms with Crippen LogP contribution >= 0.6 is 12.4 Å². The van der Waals surface area contributed by atoms with Gasteiger partial charge in [-0.1, -0.05) is 30.3 Å². The zero-order valence-corrected chi connectivity index (χ0v) is 9.35. The summed E-state index contributed by atoms with van der Waals surface area (Å²) in [5, 5.41) is 3.36. The van der Waals surface area contributed by atoms with Crippen molar-refractivity contribution in [3.8, 4) is 0 Å². The van der Waals surface area contributed by atoms with Gasteiger partial charge in [-0.15, -0.1) is 12.4 Å². The molecule has 2 nitrogen and oxygen atoms in total. The number of nitrogens with one attached hydrogen (secondary N) is 1. The minimum atomic E-state index is 0. The fourth-order valence-corrected chi connectivity index (χ4v) is 1.17. The summed E-state index contributed by atoms with van der Waals surface area (Å²) in [7, 11) is 1.73. The Hall–Kier alpha value is -0.570. The van der Waals surface area contributed by atoms with E-state index in [1.54, 1.807) is 7.11 Å². The van der Waals surface area contributed by atoms with Gasteiger partial charge in [0.2, 0.25) is 0 Å². The van der Waals surface area contributed by atoms with Crippen LogP contribution < -0.4 is 5.32 Å². The highest BCUT2D eigenvalue weighted by molar-refractivity contribution is 5.85. The van der Waals surface area contributed by atoms with E-state index in [2.05, 4.69) is 29.6 Å². The van der Waals surface area contributed by atoms with Gasteiger partial charge in [-0.05, 0) is 18.5 Å². The van der Waals surface area contributed by atoms with E-state index in [4.69, 9.17) is 4.74 Å². The third kappa shape index (κ3) is 5.97. The second-order valence-electron chi connectivity index (χ2n) is 3.01. The Kier molecular flexibility index (Phi) is 8.64. The van der Waals surface area contributed by atoms with Gasteiger partial charge in [0.15, 0.2) is 0 Å². The van der Waals surface area contributed by atoms with Crippen molar-refractivity contribution in [2.45, 2.75) is 13.0 Å². The maximum Gasteiger partial charge on any atom is 0.0474 e. The number of methoxy groups -OCH3 is 1. The molecule has 0 aliphatic carbocycles. The van der Waals surface area contributed by atoms with Gasteiger partial charge in [0, 0.05) is 20.3 Å². The van der Waals surface area contributed by atoms with Crippen LogP contribution in [-0.2, 0) is 11.3 Å². The van der Waals surface area contributed by atoms with Gasteiger partial charge in [-0.25, -0.2) is 0 Å². The molecule has 0 spiro atoms. The fraction of sp³-hybridized carbons (Fsp3) is 0.455. The number of hydrogen-bond donors (Lipinski definition) is 1. The molecule has 3 heteroatoms. The molecule has 0 saturated heterocycles. The molecule has 1 rings (SSSR count). The van der Waals surface area contributed by atoms with Crippen molar-refractivity contribution in [2.24, 2.45) is 0 Å². The normalized spacial score (nSPS) is 9.50. The fourth-order valence-electron chi connectivity index (χ4n) is 1.17. The third-order valence-electron chi connectivity index (χ3n) is 1.87. The van der Waals surface area contributed by atoms with Gasteiger partial charge in [0.25, 0.3) is 0 Å². The van der Waals surface area contributed by atoms with Crippen molar-refractivity contribution in [1.29, 1.82) is 0 Å². The Balaban J connectivity index is 0.00000169. The minimum absolute atomic E-state index is 0. The van der Waals surface area contributed by atoms with Crippen LogP contribution in [0.1, 0.15) is 12.0 Å². The van der Waals surface area contributed by atoms with Gasteiger partial charge in [-0.2, -0.15) is 0 Å². The molecule has 0 heterocycles. The molecule has 1 N–H and O–H groups in total. The Labute approximate surface area is 92.1 Å². The molecule has 0 aliphatic heterocycles. The highest BCUT2D eigenvalue weighted by Crippen LogP contribution is 1.96. The highest BCUT2D eigenvalue weighted by atomic mass is 35.5. The van der Waals surface area contributed by atoms with Gasteiger partial charge < -0.3 is 10.1 Å². The molecule has 0 unspecified atom stereocenters. The van der Waals surface area contributed by atoms with Gasteiger partial charge in [-0.3, -0.25) is 0 Å². The summed E-state index contributed by atoms with van der Waals surface area (Å²) in [6.07, 6.45) is 1.07. The summed E-state index contributed by atoms with van der Waals surface area (Å²) < 4.78 is 4.95. The second kappa shape index (κ2) is 9.00. The Bertz CT molecular complexity index is 216. The molecule has 0 bridgehead atoms. The van der Waals surface area contributed by atoms with Gasteiger partial charge in [0.1, 0.15) is 0 Å². The smallest absolute Gasteiger partial charge is 0.0474 e. The Morgan fingerprint density at radius 3 is 2.57 bits per heavy atom. The number of rotatable bonds is 6. The predicted octanol–water partition coefficient (Wildman–Crippen LogP) is 2.23. The second-order valence-corrected chi connectivity index (χ2v) is 3.01. The van der Waals surface area contributed by atoms with E-state index in [1.807, 2.05) is 6.07 Å². The van der Waals surface area contributed by atoms with Crippen molar-refractivity contribution in [2.75, 3.05) is 20.3 Å². The van der Waals surface area contributed by atoms with Gasteiger partial charge in [0.05, 0.1) is 0 Å². The van der Waals surface area contributed by atoms with Crippen LogP contribution in [0.15, 0.2) is 30.3 Å². The molecule has 0 fully saturated rings. The van der Waals surface area contributed by atoms with E-state index in [9.17, 15) is 0 Å². The lowest BCUT2D eigenvalue weighted by molar-refractivity contribution is 0.194. The van der Waals surface area contributed by atoms with Crippen LogP contribution in [0.4, 0.5) is 0 Å². The topological polar surface area (TPSA) is 21.3 Å². The van der Waals surface area contributed by atoms with Crippen molar-refractivity contribution in [3.63, 3.8) is 0 Å². The maximum absolute atomic E-state index is 4.95. The minimum Gasteiger partial charge on any atom is -0.385 e. The molecule has 1 aromatic rings. The van der Waals surface area contributed by atoms with Crippen molar-refractivity contribution in [1.82, 2.24) is 5.32 Å². The van der Waals surface area contributed by atoms with Crippen LogP contribution in [0.5, 0.6) is 0 Å². The first-order valence-electron chi connectivity index (χ1n) is 4.67. The van der Waals surface area contributed by atoms with Crippen molar-refractivity contribution < 1.29 is 4.74 Å².